The van der Waals surface area contributed by atoms with E-state index >= 15 is 0 Å². The number of esters is 1. The molecule has 4 heteroatoms. The minimum absolute atomic E-state index is 0.114. The lowest BCUT2D eigenvalue weighted by molar-refractivity contribution is 0.0378. The van der Waals surface area contributed by atoms with Crippen LogP contribution in [-0.2, 0) is 4.74 Å². The summed E-state index contributed by atoms with van der Waals surface area (Å²) in [5.74, 6) is 0.427. The molecule has 0 heterocycles. The number of benzene rings is 1. The molecule has 0 aliphatic carbocycles. The van der Waals surface area contributed by atoms with Gasteiger partial charge in [0, 0.05) is 0 Å². The summed E-state index contributed by atoms with van der Waals surface area (Å²) in [6, 6.07) is 5.20. The van der Waals surface area contributed by atoms with Crippen LogP contribution in [0, 0.1) is 0 Å². The molecule has 0 aromatic heterocycles. The summed E-state index contributed by atoms with van der Waals surface area (Å²) in [7, 11) is 0. The SMILES string of the molecule is CCCOc1ccc(C(=O)OC(C)C)cc1Br. The van der Waals surface area contributed by atoms with Gasteiger partial charge in [0.25, 0.3) is 0 Å². The molecule has 94 valence electrons. The molecule has 1 aromatic rings. The molecule has 0 fully saturated rings. The Morgan fingerprint density at radius 2 is 2.12 bits per heavy atom. The third-order valence-corrected chi connectivity index (χ3v) is 2.59. The van der Waals surface area contributed by atoms with Gasteiger partial charge in [-0.3, -0.25) is 0 Å². The van der Waals surface area contributed by atoms with Crippen molar-refractivity contribution in [2.45, 2.75) is 33.3 Å². The largest absolute Gasteiger partial charge is 0.492 e. The Morgan fingerprint density at radius 1 is 1.41 bits per heavy atom. The fourth-order valence-corrected chi connectivity index (χ4v) is 1.73. The van der Waals surface area contributed by atoms with Crippen LogP contribution in [0.5, 0.6) is 5.75 Å². The lowest BCUT2D eigenvalue weighted by Crippen LogP contribution is -2.11. The topological polar surface area (TPSA) is 35.5 Å². The lowest BCUT2D eigenvalue weighted by Gasteiger charge is -2.10. The average Bonchev–Trinajstić information content (AvgIpc) is 2.26. The Morgan fingerprint density at radius 3 is 2.65 bits per heavy atom. The maximum Gasteiger partial charge on any atom is 0.338 e. The number of hydrogen-bond acceptors (Lipinski definition) is 3. The maximum atomic E-state index is 11.6. The van der Waals surface area contributed by atoms with Gasteiger partial charge in [-0.15, -0.1) is 0 Å². The second-order valence-corrected chi connectivity index (χ2v) is 4.80. The molecule has 0 aliphatic heterocycles. The standard InChI is InChI=1S/C13H17BrO3/c1-4-7-16-12-6-5-10(8-11(12)14)13(15)17-9(2)3/h5-6,8-9H,4,7H2,1-3H3. The molecule has 0 saturated heterocycles. The molecule has 0 aliphatic rings. The molecule has 0 N–H and O–H groups in total. The van der Waals surface area contributed by atoms with Crippen molar-refractivity contribution in [1.29, 1.82) is 0 Å². The molecule has 1 aromatic carbocycles. The first kappa shape index (κ1) is 14.0. The van der Waals surface area contributed by atoms with Crippen molar-refractivity contribution in [2.24, 2.45) is 0 Å². The van der Waals surface area contributed by atoms with Crippen molar-refractivity contribution in [3.8, 4) is 5.75 Å². The Hall–Kier alpha value is -1.03. The van der Waals surface area contributed by atoms with Gasteiger partial charge >= 0.3 is 5.97 Å². The summed E-state index contributed by atoms with van der Waals surface area (Å²) >= 11 is 3.38. The summed E-state index contributed by atoms with van der Waals surface area (Å²) in [6.45, 7) is 6.36. The molecule has 0 spiro atoms. The van der Waals surface area contributed by atoms with Crippen LogP contribution in [0.15, 0.2) is 22.7 Å². The van der Waals surface area contributed by atoms with Crippen molar-refractivity contribution in [1.82, 2.24) is 0 Å². The third kappa shape index (κ3) is 4.38. The van der Waals surface area contributed by atoms with Crippen LogP contribution in [0.25, 0.3) is 0 Å². The zero-order valence-electron chi connectivity index (χ0n) is 10.3. The number of hydrogen-bond donors (Lipinski definition) is 0. The summed E-state index contributed by atoms with van der Waals surface area (Å²) in [4.78, 5) is 11.6. The highest BCUT2D eigenvalue weighted by Crippen LogP contribution is 2.26. The molecule has 3 nitrogen and oxygen atoms in total. The van der Waals surface area contributed by atoms with Gasteiger partial charge in [-0.05, 0) is 54.4 Å². The number of carbonyl (C=O) groups is 1. The van der Waals surface area contributed by atoms with Crippen molar-refractivity contribution in [2.75, 3.05) is 6.61 Å². The Balaban J connectivity index is 2.77. The zero-order chi connectivity index (χ0) is 12.8. The Kier molecular flexibility index (Phi) is 5.48. The van der Waals surface area contributed by atoms with Crippen LogP contribution in [0.2, 0.25) is 0 Å². The lowest BCUT2D eigenvalue weighted by atomic mass is 10.2. The molecule has 0 atom stereocenters. The van der Waals surface area contributed by atoms with E-state index < -0.39 is 0 Å². The highest BCUT2D eigenvalue weighted by molar-refractivity contribution is 9.10. The van der Waals surface area contributed by atoms with Crippen LogP contribution < -0.4 is 4.74 Å². The van der Waals surface area contributed by atoms with Gasteiger partial charge in [-0.2, -0.15) is 0 Å². The van der Waals surface area contributed by atoms with Crippen molar-refractivity contribution in [3.63, 3.8) is 0 Å². The van der Waals surface area contributed by atoms with E-state index in [0.29, 0.717) is 12.2 Å². The van der Waals surface area contributed by atoms with E-state index in [9.17, 15) is 4.79 Å². The fourth-order valence-electron chi connectivity index (χ4n) is 1.24. The first-order chi connectivity index (χ1) is 8.04. The van der Waals surface area contributed by atoms with Crippen LogP contribution >= 0.6 is 15.9 Å². The smallest absolute Gasteiger partial charge is 0.338 e. The average molecular weight is 301 g/mol. The quantitative estimate of drug-likeness (QED) is 0.776. The third-order valence-electron chi connectivity index (χ3n) is 1.97. The van der Waals surface area contributed by atoms with Gasteiger partial charge in [0.15, 0.2) is 0 Å². The number of carbonyl (C=O) groups excluding carboxylic acids is 1. The van der Waals surface area contributed by atoms with Crippen LogP contribution in [0.4, 0.5) is 0 Å². The highest BCUT2D eigenvalue weighted by Gasteiger charge is 2.11. The number of halogens is 1. The molecular weight excluding hydrogens is 284 g/mol. The van der Waals surface area contributed by atoms with E-state index in [1.807, 2.05) is 20.8 Å². The fraction of sp³-hybridized carbons (Fsp3) is 0.462. The van der Waals surface area contributed by atoms with Crippen LogP contribution in [0.3, 0.4) is 0 Å². The van der Waals surface area contributed by atoms with Crippen molar-refractivity contribution in [3.05, 3.63) is 28.2 Å². The molecule has 0 radical (unpaired) electrons. The van der Waals surface area contributed by atoms with Gasteiger partial charge in [-0.1, -0.05) is 6.92 Å². The Labute approximate surface area is 110 Å². The number of ether oxygens (including phenoxy) is 2. The minimum Gasteiger partial charge on any atom is -0.492 e. The van der Waals surface area contributed by atoms with Crippen LogP contribution in [0.1, 0.15) is 37.6 Å². The molecule has 17 heavy (non-hydrogen) atoms. The van der Waals surface area contributed by atoms with E-state index in [-0.39, 0.29) is 12.1 Å². The van der Waals surface area contributed by atoms with Crippen molar-refractivity contribution >= 4 is 21.9 Å². The summed E-state index contributed by atoms with van der Waals surface area (Å²) in [5.41, 5.74) is 0.523. The normalized spacial score (nSPS) is 10.4. The van der Waals surface area contributed by atoms with Crippen LogP contribution in [-0.4, -0.2) is 18.7 Å². The van der Waals surface area contributed by atoms with E-state index in [4.69, 9.17) is 9.47 Å². The summed E-state index contributed by atoms with van der Waals surface area (Å²) in [6.07, 6.45) is 0.834. The second kappa shape index (κ2) is 6.64. The first-order valence-electron chi connectivity index (χ1n) is 5.68. The Bertz CT molecular complexity index is 388. The number of rotatable bonds is 5. The second-order valence-electron chi connectivity index (χ2n) is 3.95. The molecule has 0 bridgehead atoms. The highest BCUT2D eigenvalue weighted by atomic mass is 79.9. The molecule has 0 saturated carbocycles. The monoisotopic (exact) mass is 300 g/mol. The van der Waals surface area contributed by atoms with E-state index in [1.54, 1.807) is 18.2 Å². The molecular formula is C13H17BrO3. The van der Waals surface area contributed by atoms with Gasteiger partial charge < -0.3 is 9.47 Å². The predicted molar refractivity (Wildman–Crippen MR) is 70.5 cm³/mol. The molecule has 0 amide bonds. The van der Waals surface area contributed by atoms with Crippen molar-refractivity contribution < 1.29 is 14.3 Å². The molecule has 0 unspecified atom stereocenters. The van der Waals surface area contributed by atoms with Gasteiger partial charge in [0.2, 0.25) is 0 Å². The van der Waals surface area contributed by atoms with Gasteiger partial charge in [-0.25, -0.2) is 4.79 Å². The maximum absolute atomic E-state index is 11.6. The first-order valence-corrected chi connectivity index (χ1v) is 6.47. The van der Waals surface area contributed by atoms with Gasteiger partial charge in [0.1, 0.15) is 5.75 Å². The molecule has 1 rings (SSSR count). The van der Waals surface area contributed by atoms with Gasteiger partial charge in [0.05, 0.1) is 22.7 Å². The predicted octanol–water partition coefficient (Wildman–Crippen LogP) is 3.80. The van der Waals surface area contributed by atoms with E-state index in [1.165, 1.54) is 0 Å². The minimum atomic E-state index is -0.317. The van der Waals surface area contributed by atoms with E-state index in [2.05, 4.69) is 15.9 Å². The summed E-state index contributed by atoms with van der Waals surface area (Å²) in [5, 5.41) is 0. The summed E-state index contributed by atoms with van der Waals surface area (Å²) < 4.78 is 11.4. The zero-order valence-corrected chi connectivity index (χ0v) is 11.9. The van der Waals surface area contributed by atoms with E-state index in [0.717, 1.165) is 16.6 Å².